The summed E-state index contributed by atoms with van der Waals surface area (Å²) in [6, 6.07) is 15.3. The molecule has 1 aromatic carbocycles. The van der Waals surface area contributed by atoms with E-state index < -0.39 is 0 Å². The zero-order valence-corrected chi connectivity index (χ0v) is 15.2. The summed E-state index contributed by atoms with van der Waals surface area (Å²) in [7, 11) is 0. The lowest BCUT2D eigenvalue weighted by molar-refractivity contribution is -0.136. The zero-order valence-electron chi connectivity index (χ0n) is 15.2. The molecule has 2 atom stereocenters. The average Bonchev–Trinajstić information content (AvgIpc) is 2.88. The van der Waals surface area contributed by atoms with Crippen molar-refractivity contribution >= 4 is 17.5 Å². The first-order valence-corrected chi connectivity index (χ1v) is 9.35. The second-order valence-electron chi connectivity index (χ2n) is 7.08. The summed E-state index contributed by atoms with van der Waals surface area (Å²) in [5.41, 5.74) is 1.66. The minimum atomic E-state index is -0.0260. The molecule has 0 N–H and O–H groups in total. The Morgan fingerprint density at radius 3 is 2.70 bits per heavy atom. The first-order chi connectivity index (χ1) is 13.2. The van der Waals surface area contributed by atoms with Gasteiger partial charge in [-0.25, -0.2) is 0 Å². The van der Waals surface area contributed by atoms with Crippen molar-refractivity contribution in [1.82, 2.24) is 9.88 Å². The van der Waals surface area contributed by atoms with Crippen molar-refractivity contribution in [3.63, 3.8) is 0 Å². The highest BCUT2D eigenvalue weighted by atomic mass is 16.5. The van der Waals surface area contributed by atoms with Gasteiger partial charge in [0.05, 0.1) is 12.5 Å². The zero-order chi connectivity index (χ0) is 18.6. The third kappa shape index (κ3) is 4.01. The third-order valence-electron chi connectivity index (χ3n) is 5.28. The van der Waals surface area contributed by atoms with Gasteiger partial charge in [-0.2, -0.15) is 0 Å². The molecule has 2 fully saturated rings. The number of para-hydroxylation sites is 1. The molecule has 4 rings (SSSR count). The fraction of sp³-hybridized carbons (Fsp3) is 0.381. The molecule has 0 spiro atoms. The van der Waals surface area contributed by atoms with Gasteiger partial charge in [-0.05, 0) is 30.7 Å². The summed E-state index contributed by atoms with van der Waals surface area (Å²) in [6.07, 6.45) is 2.79. The molecule has 2 saturated heterocycles. The van der Waals surface area contributed by atoms with E-state index in [9.17, 15) is 9.59 Å². The number of likely N-dealkylation sites (tertiary alicyclic amines) is 1. The van der Waals surface area contributed by atoms with Crippen LogP contribution >= 0.6 is 0 Å². The lowest BCUT2D eigenvalue weighted by Crippen LogP contribution is -2.49. The number of aromatic nitrogens is 1. The van der Waals surface area contributed by atoms with Gasteiger partial charge < -0.3 is 14.5 Å². The van der Waals surface area contributed by atoms with Crippen molar-refractivity contribution in [2.45, 2.75) is 18.9 Å². The summed E-state index contributed by atoms with van der Waals surface area (Å²) < 4.78 is 5.88. The van der Waals surface area contributed by atoms with Crippen molar-refractivity contribution in [2.75, 3.05) is 31.1 Å². The number of hydrogen-bond acceptors (Lipinski definition) is 4. The average molecular weight is 365 g/mol. The highest BCUT2D eigenvalue weighted by Gasteiger charge is 2.37. The Morgan fingerprint density at radius 1 is 1.11 bits per heavy atom. The Kier molecular flexibility index (Phi) is 5.16. The van der Waals surface area contributed by atoms with Crippen LogP contribution in [0.3, 0.4) is 0 Å². The number of carbonyl (C=O) groups excluding carboxylic acids is 2. The minimum Gasteiger partial charge on any atom is -0.368 e. The molecule has 2 aliphatic heterocycles. The van der Waals surface area contributed by atoms with Crippen LogP contribution < -0.4 is 4.90 Å². The Labute approximate surface area is 158 Å². The molecule has 0 aliphatic carbocycles. The van der Waals surface area contributed by atoms with Crippen LogP contribution in [0, 0.1) is 5.92 Å². The topological polar surface area (TPSA) is 62.7 Å². The molecule has 2 aliphatic rings. The summed E-state index contributed by atoms with van der Waals surface area (Å²) in [5, 5.41) is 0. The molecule has 0 saturated carbocycles. The Morgan fingerprint density at radius 2 is 1.93 bits per heavy atom. The van der Waals surface area contributed by atoms with Gasteiger partial charge in [-0.3, -0.25) is 14.6 Å². The molecule has 140 valence electrons. The highest BCUT2D eigenvalue weighted by molar-refractivity contribution is 5.94. The van der Waals surface area contributed by atoms with Crippen LogP contribution in [-0.4, -0.2) is 54.0 Å². The second kappa shape index (κ2) is 7.88. The van der Waals surface area contributed by atoms with E-state index in [2.05, 4.69) is 4.98 Å². The van der Waals surface area contributed by atoms with Gasteiger partial charge in [0, 0.05) is 43.1 Å². The predicted octanol–water partition coefficient (Wildman–Crippen LogP) is 1.90. The normalized spacial score (nSPS) is 22.9. The van der Waals surface area contributed by atoms with Gasteiger partial charge >= 0.3 is 0 Å². The number of amides is 2. The van der Waals surface area contributed by atoms with Gasteiger partial charge in [0.25, 0.3) is 5.91 Å². The molecule has 27 heavy (non-hydrogen) atoms. The van der Waals surface area contributed by atoms with Gasteiger partial charge in [0.15, 0.2) is 0 Å². The van der Waals surface area contributed by atoms with Crippen molar-refractivity contribution in [3.8, 4) is 0 Å². The lowest BCUT2D eigenvalue weighted by atomic mass is 9.93. The predicted molar refractivity (Wildman–Crippen MR) is 101 cm³/mol. The lowest BCUT2D eigenvalue weighted by Gasteiger charge is -2.38. The van der Waals surface area contributed by atoms with Crippen LogP contribution in [0.15, 0.2) is 54.7 Å². The highest BCUT2D eigenvalue weighted by Crippen LogP contribution is 2.27. The number of ether oxygens (including phenoxy) is 1. The number of fused-ring (bicyclic) bond motifs is 1. The standard InChI is InChI=1S/C21H23N3O3/c25-20(12-17-6-4-5-10-22-17)23-11-9-19-16(13-23)14-24(21(26)15-27-19)18-7-2-1-3-8-18/h1-8,10,16,19H,9,11-15H2/t16-,19+/m1/s1. The fourth-order valence-corrected chi connectivity index (χ4v) is 3.85. The summed E-state index contributed by atoms with van der Waals surface area (Å²) in [4.78, 5) is 33.2. The van der Waals surface area contributed by atoms with Crippen molar-refractivity contribution < 1.29 is 14.3 Å². The molecule has 6 heteroatoms. The van der Waals surface area contributed by atoms with E-state index in [1.807, 2.05) is 53.4 Å². The first-order valence-electron chi connectivity index (χ1n) is 9.35. The molecule has 0 unspecified atom stereocenters. The Bertz CT molecular complexity index is 797. The van der Waals surface area contributed by atoms with Crippen LogP contribution in [0.1, 0.15) is 12.1 Å². The second-order valence-corrected chi connectivity index (χ2v) is 7.08. The number of carbonyl (C=O) groups is 2. The molecule has 6 nitrogen and oxygen atoms in total. The van der Waals surface area contributed by atoms with E-state index in [1.165, 1.54) is 0 Å². The maximum atomic E-state index is 12.7. The molecule has 2 aromatic rings. The fourth-order valence-electron chi connectivity index (χ4n) is 3.85. The number of rotatable bonds is 3. The third-order valence-corrected chi connectivity index (χ3v) is 5.28. The van der Waals surface area contributed by atoms with Crippen molar-refractivity contribution in [3.05, 3.63) is 60.4 Å². The molecule has 3 heterocycles. The number of hydrogen-bond donors (Lipinski definition) is 0. The first kappa shape index (κ1) is 17.7. The molecule has 0 bridgehead atoms. The molecule has 2 amide bonds. The largest absolute Gasteiger partial charge is 0.368 e. The van der Waals surface area contributed by atoms with Crippen LogP contribution in [0.2, 0.25) is 0 Å². The maximum absolute atomic E-state index is 12.7. The Hall–Kier alpha value is -2.73. The number of piperidine rings is 1. The number of anilines is 1. The van der Waals surface area contributed by atoms with E-state index in [-0.39, 0.29) is 30.4 Å². The summed E-state index contributed by atoms with van der Waals surface area (Å²) in [6.45, 7) is 1.93. The van der Waals surface area contributed by atoms with Gasteiger partial charge in [-0.15, -0.1) is 0 Å². The number of pyridine rings is 1. The molecular formula is C21H23N3O3. The monoisotopic (exact) mass is 365 g/mol. The number of nitrogens with zero attached hydrogens (tertiary/aromatic N) is 3. The molecule has 1 aromatic heterocycles. The van der Waals surface area contributed by atoms with Crippen LogP contribution in [-0.2, 0) is 20.7 Å². The van der Waals surface area contributed by atoms with E-state index >= 15 is 0 Å². The van der Waals surface area contributed by atoms with Crippen molar-refractivity contribution in [1.29, 1.82) is 0 Å². The van der Waals surface area contributed by atoms with Gasteiger partial charge in [-0.1, -0.05) is 24.3 Å². The van der Waals surface area contributed by atoms with Crippen LogP contribution in [0.5, 0.6) is 0 Å². The Balaban J connectivity index is 1.46. The number of benzene rings is 1. The van der Waals surface area contributed by atoms with Gasteiger partial charge in [0.1, 0.15) is 6.61 Å². The van der Waals surface area contributed by atoms with Crippen molar-refractivity contribution in [2.24, 2.45) is 5.92 Å². The van der Waals surface area contributed by atoms with E-state index in [0.29, 0.717) is 26.1 Å². The van der Waals surface area contributed by atoms with E-state index in [4.69, 9.17) is 4.74 Å². The summed E-state index contributed by atoms with van der Waals surface area (Å²) in [5.74, 6) is 0.161. The quantitative estimate of drug-likeness (QED) is 0.834. The maximum Gasteiger partial charge on any atom is 0.252 e. The van der Waals surface area contributed by atoms with Crippen LogP contribution in [0.4, 0.5) is 5.69 Å². The molecule has 0 radical (unpaired) electrons. The van der Waals surface area contributed by atoms with E-state index in [1.54, 1.807) is 11.1 Å². The minimum absolute atomic E-state index is 0.0153. The smallest absolute Gasteiger partial charge is 0.252 e. The summed E-state index contributed by atoms with van der Waals surface area (Å²) >= 11 is 0. The van der Waals surface area contributed by atoms with E-state index in [0.717, 1.165) is 17.8 Å². The van der Waals surface area contributed by atoms with Gasteiger partial charge in [0.2, 0.25) is 5.91 Å². The molecular weight excluding hydrogens is 342 g/mol. The SMILES string of the molecule is O=C(Cc1ccccn1)N1CC[C@@H]2OCC(=O)N(c3ccccc3)C[C@H]2C1. The van der Waals surface area contributed by atoms with Crippen LogP contribution in [0.25, 0.3) is 0 Å².